The highest BCUT2D eigenvalue weighted by atomic mass is 32.2. The normalized spacial score (nSPS) is 24.3. The predicted molar refractivity (Wildman–Crippen MR) is 73.9 cm³/mol. The van der Waals surface area contributed by atoms with Gasteiger partial charge in [-0.3, -0.25) is 4.68 Å². The summed E-state index contributed by atoms with van der Waals surface area (Å²) in [4.78, 5) is 0.240. The summed E-state index contributed by atoms with van der Waals surface area (Å²) in [7, 11) is -1.47. The van der Waals surface area contributed by atoms with Crippen LogP contribution in [0.15, 0.2) is 41.4 Å². The highest BCUT2D eigenvalue weighted by molar-refractivity contribution is 7.91. The molecule has 6 heteroatoms. The zero-order chi connectivity index (χ0) is 14.4. The smallest absolute Gasteiger partial charge is 0.178 e. The minimum atomic E-state index is -3.29. The van der Waals surface area contributed by atoms with E-state index >= 15 is 0 Å². The average Bonchev–Trinajstić information content (AvgIpc) is 2.81. The molecule has 1 aromatic carbocycles. The Balaban J connectivity index is 2.06. The fraction of sp³-hybridized carbons (Fsp3) is 0.357. The third kappa shape index (κ3) is 2.14. The molecule has 1 aliphatic rings. The molecule has 0 amide bonds. The second kappa shape index (κ2) is 4.43. The Labute approximate surface area is 117 Å². The number of benzene rings is 1. The van der Waals surface area contributed by atoms with Crippen molar-refractivity contribution < 1.29 is 13.5 Å². The Morgan fingerprint density at radius 1 is 1.35 bits per heavy atom. The highest BCUT2D eigenvalue weighted by Gasteiger charge is 2.40. The Morgan fingerprint density at radius 2 is 2.10 bits per heavy atom. The first kappa shape index (κ1) is 13.3. The van der Waals surface area contributed by atoms with Crippen LogP contribution in [0.25, 0.3) is 0 Å². The Kier molecular flexibility index (Phi) is 2.95. The van der Waals surface area contributed by atoms with Crippen molar-refractivity contribution in [2.75, 3.05) is 5.75 Å². The number of sulfone groups is 1. The molecule has 0 bridgehead atoms. The van der Waals surface area contributed by atoms with Crippen molar-refractivity contribution in [3.63, 3.8) is 0 Å². The van der Waals surface area contributed by atoms with Crippen LogP contribution >= 0.6 is 0 Å². The maximum atomic E-state index is 12.1. The van der Waals surface area contributed by atoms with Crippen LogP contribution < -0.4 is 0 Å². The Morgan fingerprint density at radius 3 is 2.80 bits per heavy atom. The summed E-state index contributed by atoms with van der Waals surface area (Å²) < 4.78 is 25.8. The van der Waals surface area contributed by atoms with Gasteiger partial charge < -0.3 is 5.11 Å². The summed E-state index contributed by atoms with van der Waals surface area (Å²) in [6.07, 6.45) is 2.33. The molecule has 5 nitrogen and oxygen atoms in total. The van der Waals surface area contributed by atoms with Crippen molar-refractivity contribution in [2.24, 2.45) is 7.05 Å². The monoisotopic (exact) mass is 292 g/mol. The summed E-state index contributed by atoms with van der Waals surface area (Å²) in [6.45, 7) is 0. The van der Waals surface area contributed by atoms with Crippen molar-refractivity contribution in [1.29, 1.82) is 0 Å². The lowest BCUT2D eigenvalue weighted by atomic mass is 9.86. The second-order valence-electron chi connectivity index (χ2n) is 5.25. The van der Waals surface area contributed by atoms with Crippen LogP contribution in [0.4, 0.5) is 0 Å². The van der Waals surface area contributed by atoms with E-state index in [1.165, 1.54) is 0 Å². The molecule has 2 heterocycles. The molecule has 1 N–H and O–H groups in total. The van der Waals surface area contributed by atoms with E-state index in [1.54, 1.807) is 28.9 Å². The van der Waals surface area contributed by atoms with Crippen molar-refractivity contribution in [2.45, 2.75) is 23.3 Å². The first-order valence-electron chi connectivity index (χ1n) is 6.44. The third-order valence-electron chi connectivity index (χ3n) is 3.75. The van der Waals surface area contributed by atoms with Gasteiger partial charge in [0.1, 0.15) is 0 Å². The SMILES string of the molecule is Cn1ccc(CC2(O)CCS(=O)(=O)c3ccccc32)n1. The van der Waals surface area contributed by atoms with E-state index in [4.69, 9.17) is 0 Å². The molecule has 3 rings (SSSR count). The van der Waals surface area contributed by atoms with Crippen LogP contribution in [0, 0.1) is 0 Å². The summed E-state index contributed by atoms with van der Waals surface area (Å²) in [5, 5.41) is 15.2. The summed E-state index contributed by atoms with van der Waals surface area (Å²) in [5.41, 5.74) is 0.0667. The van der Waals surface area contributed by atoms with Crippen LogP contribution in [-0.2, 0) is 28.9 Å². The van der Waals surface area contributed by atoms with E-state index in [9.17, 15) is 13.5 Å². The molecule has 0 spiro atoms. The highest BCUT2D eigenvalue weighted by Crippen LogP contribution is 2.38. The van der Waals surface area contributed by atoms with E-state index in [0.29, 0.717) is 12.0 Å². The van der Waals surface area contributed by atoms with Crippen molar-refractivity contribution in [3.05, 3.63) is 47.8 Å². The molecule has 0 saturated heterocycles. The number of aryl methyl sites for hydroxylation is 1. The van der Waals surface area contributed by atoms with Crippen LogP contribution in [0.5, 0.6) is 0 Å². The second-order valence-corrected chi connectivity index (χ2v) is 7.33. The van der Waals surface area contributed by atoms with Gasteiger partial charge in [0, 0.05) is 25.2 Å². The summed E-state index contributed by atoms with van der Waals surface area (Å²) in [6, 6.07) is 8.53. The third-order valence-corrected chi connectivity index (χ3v) is 5.52. The molecule has 106 valence electrons. The molecule has 20 heavy (non-hydrogen) atoms. The number of aromatic nitrogens is 2. The minimum absolute atomic E-state index is 0.0344. The molecule has 2 aromatic rings. The van der Waals surface area contributed by atoms with E-state index in [2.05, 4.69) is 5.10 Å². The fourth-order valence-electron chi connectivity index (χ4n) is 2.71. The molecule has 0 saturated carbocycles. The molecule has 0 fully saturated rings. The zero-order valence-electron chi connectivity index (χ0n) is 11.2. The molecule has 1 atom stereocenters. The summed E-state index contributed by atoms with van der Waals surface area (Å²) >= 11 is 0. The van der Waals surface area contributed by atoms with Gasteiger partial charge in [0.25, 0.3) is 0 Å². The van der Waals surface area contributed by atoms with E-state index in [1.807, 2.05) is 19.3 Å². The topological polar surface area (TPSA) is 72.2 Å². The molecule has 0 radical (unpaired) electrons. The quantitative estimate of drug-likeness (QED) is 0.897. The van der Waals surface area contributed by atoms with Gasteiger partial charge in [0.05, 0.1) is 21.9 Å². The standard InChI is InChI=1S/C14H16N2O3S/c1-16-8-6-11(15-16)10-14(17)7-9-20(18,19)13-5-3-2-4-12(13)14/h2-6,8,17H,7,9-10H2,1H3. The Hall–Kier alpha value is -1.66. The average molecular weight is 292 g/mol. The maximum Gasteiger partial charge on any atom is 0.178 e. The molecule has 1 aliphatic heterocycles. The van der Waals surface area contributed by atoms with Gasteiger partial charge >= 0.3 is 0 Å². The largest absolute Gasteiger partial charge is 0.385 e. The summed E-state index contributed by atoms with van der Waals surface area (Å²) in [5.74, 6) is -0.0344. The number of hydrogen-bond donors (Lipinski definition) is 1. The van der Waals surface area contributed by atoms with Gasteiger partial charge in [0.2, 0.25) is 0 Å². The van der Waals surface area contributed by atoms with E-state index < -0.39 is 15.4 Å². The molecule has 0 aliphatic carbocycles. The number of nitrogens with zero attached hydrogens (tertiary/aromatic N) is 2. The van der Waals surface area contributed by atoms with Crippen LogP contribution in [-0.4, -0.2) is 29.1 Å². The van der Waals surface area contributed by atoms with Gasteiger partial charge in [-0.25, -0.2) is 8.42 Å². The zero-order valence-corrected chi connectivity index (χ0v) is 12.0. The first-order valence-corrected chi connectivity index (χ1v) is 8.09. The number of fused-ring (bicyclic) bond motifs is 1. The Bertz CT molecular complexity index is 751. The van der Waals surface area contributed by atoms with E-state index in [0.717, 1.165) is 5.69 Å². The molecule has 1 unspecified atom stereocenters. The van der Waals surface area contributed by atoms with Crippen LogP contribution in [0.1, 0.15) is 17.7 Å². The molecule has 1 aromatic heterocycles. The van der Waals surface area contributed by atoms with Gasteiger partial charge in [-0.1, -0.05) is 18.2 Å². The van der Waals surface area contributed by atoms with E-state index in [-0.39, 0.29) is 17.1 Å². The lowest BCUT2D eigenvalue weighted by Gasteiger charge is -2.33. The number of aliphatic hydroxyl groups is 1. The first-order chi connectivity index (χ1) is 9.41. The molecular weight excluding hydrogens is 276 g/mol. The maximum absolute atomic E-state index is 12.1. The molecular formula is C14H16N2O3S. The van der Waals surface area contributed by atoms with Gasteiger partial charge in [-0.2, -0.15) is 5.10 Å². The number of rotatable bonds is 2. The van der Waals surface area contributed by atoms with Crippen LogP contribution in [0.2, 0.25) is 0 Å². The fourth-order valence-corrected chi connectivity index (χ4v) is 4.42. The number of hydrogen-bond acceptors (Lipinski definition) is 4. The predicted octanol–water partition coefficient (Wildman–Crippen LogP) is 1.03. The van der Waals surface area contributed by atoms with Gasteiger partial charge in [-0.15, -0.1) is 0 Å². The lowest BCUT2D eigenvalue weighted by Crippen LogP contribution is -2.37. The minimum Gasteiger partial charge on any atom is -0.385 e. The van der Waals surface area contributed by atoms with Gasteiger partial charge in [-0.05, 0) is 18.6 Å². The van der Waals surface area contributed by atoms with Crippen molar-refractivity contribution >= 4 is 9.84 Å². The van der Waals surface area contributed by atoms with Crippen molar-refractivity contribution in [1.82, 2.24) is 9.78 Å². The van der Waals surface area contributed by atoms with Crippen molar-refractivity contribution in [3.8, 4) is 0 Å². The lowest BCUT2D eigenvalue weighted by molar-refractivity contribution is 0.0272. The van der Waals surface area contributed by atoms with Crippen LogP contribution in [0.3, 0.4) is 0 Å². The van der Waals surface area contributed by atoms with Gasteiger partial charge in [0.15, 0.2) is 9.84 Å².